The average Bonchev–Trinajstić information content (AvgIpc) is 3.19. The predicted octanol–water partition coefficient (Wildman–Crippen LogP) is 3.83. The molecule has 1 N–H and O–H groups in total. The van der Waals surface area contributed by atoms with E-state index in [-0.39, 0.29) is 23.9 Å². The Balaban J connectivity index is 1.54. The van der Waals surface area contributed by atoms with Crippen LogP contribution < -0.4 is 5.32 Å². The molecule has 0 aliphatic heterocycles. The number of rotatable bonds is 4. The van der Waals surface area contributed by atoms with Crippen LogP contribution in [-0.2, 0) is 9.53 Å². The predicted molar refractivity (Wildman–Crippen MR) is 82.5 cm³/mol. The number of ether oxygens (including phenoxy) is 1. The van der Waals surface area contributed by atoms with Crippen molar-refractivity contribution in [2.45, 2.75) is 51.6 Å². The minimum Gasteiger partial charge on any atom is -0.458 e. The largest absolute Gasteiger partial charge is 0.458 e. The molecule has 1 amide bonds. The first-order valence-corrected chi connectivity index (χ1v) is 8.55. The standard InChI is InChI=1S/C16H21NO3S/c1-10-3-2-4-12(9-10)20-16(19)13-7-8-14(21-13)17-15(18)11-5-6-11/h7-8,10-12H,2-6,9H2,1H3,(H,17,18). The zero-order chi connectivity index (χ0) is 14.8. The number of carbonyl (C=O) groups excluding carboxylic acids is 2. The molecule has 0 saturated heterocycles. The second kappa shape index (κ2) is 6.18. The van der Waals surface area contributed by atoms with Crippen LogP contribution in [0, 0.1) is 11.8 Å². The molecule has 5 heteroatoms. The number of thiophene rings is 1. The van der Waals surface area contributed by atoms with E-state index in [0.29, 0.717) is 10.8 Å². The molecule has 114 valence electrons. The van der Waals surface area contributed by atoms with Crippen molar-refractivity contribution < 1.29 is 14.3 Å². The first-order valence-electron chi connectivity index (χ1n) is 7.73. The summed E-state index contributed by atoms with van der Waals surface area (Å²) in [5.41, 5.74) is 0. The van der Waals surface area contributed by atoms with E-state index in [1.54, 1.807) is 12.1 Å². The molecule has 1 heterocycles. The van der Waals surface area contributed by atoms with E-state index in [1.807, 2.05) is 0 Å². The molecule has 2 saturated carbocycles. The smallest absolute Gasteiger partial charge is 0.348 e. The molecule has 2 aliphatic carbocycles. The topological polar surface area (TPSA) is 55.4 Å². The fourth-order valence-corrected chi connectivity index (χ4v) is 3.57. The Hall–Kier alpha value is -1.36. The van der Waals surface area contributed by atoms with E-state index < -0.39 is 0 Å². The summed E-state index contributed by atoms with van der Waals surface area (Å²) in [6.45, 7) is 2.21. The molecule has 1 aromatic heterocycles. The van der Waals surface area contributed by atoms with Crippen LogP contribution in [0.3, 0.4) is 0 Å². The lowest BCUT2D eigenvalue weighted by Crippen LogP contribution is -2.24. The number of esters is 1. The Morgan fingerprint density at radius 1 is 1.24 bits per heavy atom. The Kier molecular flexibility index (Phi) is 4.29. The van der Waals surface area contributed by atoms with Gasteiger partial charge in [0.05, 0.1) is 5.00 Å². The molecule has 2 aliphatic rings. The third kappa shape index (κ3) is 3.84. The van der Waals surface area contributed by atoms with E-state index in [4.69, 9.17) is 4.74 Å². The van der Waals surface area contributed by atoms with Crippen molar-refractivity contribution >= 4 is 28.2 Å². The minimum absolute atomic E-state index is 0.0489. The summed E-state index contributed by atoms with van der Waals surface area (Å²) < 4.78 is 5.58. The number of nitrogens with one attached hydrogen (secondary N) is 1. The van der Waals surface area contributed by atoms with E-state index in [9.17, 15) is 9.59 Å². The Morgan fingerprint density at radius 2 is 2.05 bits per heavy atom. The van der Waals surface area contributed by atoms with Gasteiger partial charge in [-0.2, -0.15) is 0 Å². The number of carbonyl (C=O) groups is 2. The quantitative estimate of drug-likeness (QED) is 0.860. The van der Waals surface area contributed by atoms with E-state index in [2.05, 4.69) is 12.2 Å². The lowest BCUT2D eigenvalue weighted by atomic mass is 9.89. The molecule has 4 nitrogen and oxygen atoms in total. The van der Waals surface area contributed by atoms with Gasteiger partial charge in [0.2, 0.25) is 5.91 Å². The van der Waals surface area contributed by atoms with Crippen molar-refractivity contribution in [3.63, 3.8) is 0 Å². The van der Waals surface area contributed by atoms with Gasteiger partial charge < -0.3 is 10.1 Å². The van der Waals surface area contributed by atoms with Crippen molar-refractivity contribution in [2.24, 2.45) is 11.8 Å². The van der Waals surface area contributed by atoms with Crippen LogP contribution in [0.15, 0.2) is 12.1 Å². The fourth-order valence-electron chi connectivity index (χ4n) is 2.78. The molecule has 0 aromatic carbocycles. The van der Waals surface area contributed by atoms with Crippen molar-refractivity contribution in [1.29, 1.82) is 0 Å². The number of amides is 1. The molecule has 0 spiro atoms. The van der Waals surface area contributed by atoms with Gasteiger partial charge in [-0.15, -0.1) is 11.3 Å². The summed E-state index contributed by atoms with van der Waals surface area (Å²) in [6, 6.07) is 3.52. The first-order chi connectivity index (χ1) is 10.1. The summed E-state index contributed by atoms with van der Waals surface area (Å²) in [5, 5.41) is 3.59. The number of anilines is 1. The van der Waals surface area contributed by atoms with Gasteiger partial charge in [-0.25, -0.2) is 4.79 Å². The third-order valence-corrected chi connectivity index (χ3v) is 5.14. The zero-order valence-corrected chi connectivity index (χ0v) is 13.1. The maximum absolute atomic E-state index is 12.1. The Labute approximate surface area is 128 Å². The van der Waals surface area contributed by atoms with Crippen LogP contribution in [-0.4, -0.2) is 18.0 Å². The first kappa shape index (κ1) is 14.6. The Bertz CT molecular complexity index is 535. The van der Waals surface area contributed by atoms with Gasteiger partial charge in [0, 0.05) is 5.92 Å². The van der Waals surface area contributed by atoms with Gasteiger partial charge in [0.1, 0.15) is 11.0 Å². The van der Waals surface area contributed by atoms with Crippen molar-refractivity contribution in [3.05, 3.63) is 17.0 Å². The molecule has 2 unspecified atom stereocenters. The second-order valence-electron chi connectivity index (χ2n) is 6.23. The number of hydrogen-bond donors (Lipinski definition) is 1. The van der Waals surface area contributed by atoms with Gasteiger partial charge in [0.25, 0.3) is 0 Å². The highest BCUT2D eigenvalue weighted by molar-refractivity contribution is 7.18. The molecule has 2 fully saturated rings. The zero-order valence-electron chi connectivity index (χ0n) is 12.3. The van der Waals surface area contributed by atoms with Crippen LogP contribution >= 0.6 is 11.3 Å². The molecule has 0 radical (unpaired) electrons. The van der Waals surface area contributed by atoms with Gasteiger partial charge >= 0.3 is 5.97 Å². The van der Waals surface area contributed by atoms with Gasteiger partial charge in [-0.1, -0.05) is 13.3 Å². The van der Waals surface area contributed by atoms with Crippen LogP contribution in [0.1, 0.15) is 55.1 Å². The van der Waals surface area contributed by atoms with E-state index in [1.165, 1.54) is 17.8 Å². The highest BCUT2D eigenvalue weighted by atomic mass is 32.1. The fraction of sp³-hybridized carbons (Fsp3) is 0.625. The molecular formula is C16H21NO3S. The molecular weight excluding hydrogens is 286 g/mol. The Morgan fingerprint density at radius 3 is 2.76 bits per heavy atom. The van der Waals surface area contributed by atoms with E-state index >= 15 is 0 Å². The second-order valence-corrected chi connectivity index (χ2v) is 7.31. The van der Waals surface area contributed by atoms with Crippen molar-refractivity contribution in [1.82, 2.24) is 0 Å². The molecule has 2 atom stereocenters. The van der Waals surface area contributed by atoms with E-state index in [0.717, 1.165) is 37.1 Å². The molecule has 0 bridgehead atoms. The maximum Gasteiger partial charge on any atom is 0.348 e. The van der Waals surface area contributed by atoms with Gasteiger partial charge in [0.15, 0.2) is 0 Å². The monoisotopic (exact) mass is 307 g/mol. The summed E-state index contributed by atoms with van der Waals surface area (Å²) in [5.74, 6) is 0.614. The molecule has 21 heavy (non-hydrogen) atoms. The van der Waals surface area contributed by atoms with Crippen LogP contribution in [0.2, 0.25) is 0 Å². The van der Waals surface area contributed by atoms with Crippen molar-refractivity contribution in [2.75, 3.05) is 5.32 Å². The molecule has 3 rings (SSSR count). The number of hydrogen-bond acceptors (Lipinski definition) is 4. The SMILES string of the molecule is CC1CCCC(OC(=O)c2ccc(NC(=O)C3CC3)s2)C1. The highest BCUT2D eigenvalue weighted by Gasteiger charge is 2.30. The summed E-state index contributed by atoms with van der Waals surface area (Å²) >= 11 is 1.30. The van der Waals surface area contributed by atoms with Gasteiger partial charge in [-0.3, -0.25) is 4.79 Å². The summed E-state index contributed by atoms with van der Waals surface area (Å²) in [6.07, 6.45) is 6.29. The highest BCUT2D eigenvalue weighted by Crippen LogP contribution is 2.32. The maximum atomic E-state index is 12.1. The van der Waals surface area contributed by atoms with Crippen LogP contribution in [0.4, 0.5) is 5.00 Å². The summed E-state index contributed by atoms with van der Waals surface area (Å²) in [7, 11) is 0. The molecule has 1 aromatic rings. The lowest BCUT2D eigenvalue weighted by molar-refractivity contribution is -0.117. The normalized spacial score (nSPS) is 25.4. The third-order valence-electron chi connectivity index (χ3n) is 4.16. The summed E-state index contributed by atoms with van der Waals surface area (Å²) in [4.78, 5) is 24.4. The lowest BCUT2D eigenvalue weighted by Gasteiger charge is -2.26. The minimum atomic E-state index is -0.258. The van der Waals surface area contributed by atoms with Crippen molar-refractivity contribution in [3.8, 4) is 0 Å². The average molecular weight is 307 g/mol. The van der Waals surface area contributed by atoms with Crippen LogP contribution in [0.5, 0.6) is 0 Å². The van der Waals surface area contributed by atoms with Crippen LogP contribution in [0.25, 0.3) is 0 Å². The van der Waals surface area contributed by atoms with Gasteiger partial charge in [-0.05, 0) is 50.2 Å².